The molecule has 5 rings (SSSR count). The van der Waals surface area contributed by atoms with Gasteiger partial charge in [0.1, 0.15) is 5.75 Å². The number of rotatable bonds is 3. The zero-order chi connectivity index (χ0) is 20.9. The Hall–Kier alpha value is -3.19. The Morgan fingerprint density at radius 3 is 2.57 bits per heavy atom. The van der Waals surface area contributed by atoms with Gasteiger partial charge in [0.05, 0.1) is 16.7 Å². The summed E-state index contributed by atoms with van der Waals surface area (Å²) in [6, 6.07) is 22.6. The van der Waals surface area contributed by atoms with E-state index in [-0.39, 0.29) is 11.7 Å². The predicted molar refractivity (Wildman–Crippen MR) is 117 cm³/mol. The van der Waals surface area contributed by atoms with E-state index >= 15 is 0 Å². The second-order valence-corrected chi connectivity index (χ2v) is 8.46. The summed E-state index contributed by atoms with van der Waals surface area (Å²) in [5, 5.41) is 18.0. The topological polar surface area (TPSA) is 68.0 Å². The number of hydrazone groups is 1. The minimum Gasteiger partial charge on any atom is -0.462 e. The molecule has 0 fully saturated rings. The molecule has 0 saturated heterocycles. The fourth-order valence-electron chi connectivity index (χ4n) is 4.17. The zero-order valence-corrected chi connectivity index (χ0v) is 17.7. The van der Waals surface area contributed by atoms with Gasteiger partial charge in [-0.25, -0.2) is 5.01 Å². The van der Waals surface area contributed by atoms with Gasteiger partial charge in [-0.05, 0) is 35.9 Å². The number of nitro benzene ring substituents is 1. The number of hydrogen-bond acceptors (Lipinski definition) is 5. The van der Waals surface area contributed by atoms with Crippen molar-refractivity contribution in [1.82, 2.24) is 5.01 Å². The SMILES string of the molecule is C[C@]1(c2ccc([N+](=O)[O-])cc2)Oc2ccc(Br)cc2[C@H]2CC(c3ccccc3)=NN21. The molecule has 2 atom stereocenters. The summed E-state index contributed by atoms with van der Waals surface area (Å²) in [6.45, 7) is 1.96. The highest BCUT2D eigenvalue weighted by atomic mass is 79.9. The highest BCUT2D eigenvalue weighted by Crippen LogP contribution is 2.50. The number of non-ortho nitro benzene ring substituents is 1. The Morgan fingerprint density at radius 2 is 1.87 bits per heavy atom. The van der Waals surface area contributed by atoms with Gasteiger partial charge in [0.25, 0.3) is 5.69 Å². The number of halogens is 1. The lowest BCUT2D eigenvalue weighted by Gasteiger charge is -2.46. The van der Waals surface area contributed by atoms with E-state index in [0.29, 0.717) is 0 Å². The largest absolute Gasteiger partial charge is 0.462 e. The first-order valence-corrected chi connectivity index (χ1v) is 10.4. The standard InChI is InChI=1S/C23H18BrN3O3/c1-23(16-7-10-18(11-8-16)27(28)29)26-21(19-13-17(24)9-12-22(19)30-23)14-20(25-26)15-5-3-2-4-6-15/h2-13,21H,14H2,1H3/t21-,23-/m1/s1. The van der Waals surface area contributed by atoms with Gasteiger partial charge >= 0.3 is 0 Å². The quantitative estimate of drug-likeness (QED) is 0.365. The van der Waals surface area contributed by atoms with E-state index in [4.69, 9.17) is 9.84 Å². The molecule has 0 N–H and O–H groups in total. The number of nitro groups is 1. The highest BCUT2D eigenvalue weighted by Gasteiger charge is 2.48. The van der Waals surface area contributed by atoms with Crippen LogP contribution in [0.5, 0.6) is 5.75 Å². The maximum absolute atomic E-state index is 11.1. The molecule has 150 valence electrons. The van der Waals surface area contributed by atoms with E-state index in [1.165, 1.54) is 12.1 Å². The van der Waals surface area contributed by atoms with E-state index in [2.05, 4.69) is 34.1 Å². The molecule has 0 saturated carbocycles. The second-order valence-electron chi connectivity index (χ2n) is 7.55. The Bertz CT molecular complexity index is 1160. The summed E-state index contributed by atoms with van der Waals surface area (Å²) in [5.74, 6) is 0.796. The van der Waals surface area contributed by atoms with Crippen LogP contribution in [0.1, 0.15) is 36.1 Å². The van der Waals surface area contributed by atoms with Gasteiger partial charge in [-0.1, -0.05) is 46.3 Å². The molecule has 0 aliphatic carbocycles. The first-order chi connectivity index (χ1) is 14.5. The van der Waals surface area contributed by atoms with Crippen molar-refractivity contribution in [3.8, 4) is 5.75 Å². The fourth-order valence-corrected chi connectivity index (χ4v) is 4.55. The van der Waals surface area contributed by atoms with Crippen LogP contribution >= 0.6 is 15.9 Å². The van der Waals surface area contributed by atoms with Crippen molar-refractivity contribution in [2.75, 3.05) is 0 Å². The molecule has 3 aromatic carbocycles. The Morgan fingerprint density at radius 1 is 1.13 bits per heavy atom. The van der Waals surface area contributed by atoms with Crippen LogP contribution in [-0.2, 0) is 5.72 Å². The van der Waals surface area contributed by atoms with Crippen LogP contribution in [0.4, 0.5) is 5.69 Å². The van der Waals surface area contributed by atoms with Gasteiger partial charge < -0.3 is 4.74 Å². The second kappa shape index (κ2) is 6.95. The number of hydrogen-bond donors (Lipinski definition) is 0. The summed E-state index contributed by atoms with van der Waals surface area (Å²) >= 11 is 3.57. The molecule has 0 amide bonds. The fraction of sp³-hybridized carbons (Fsp3) is 0.174. The van der Waals surface area contributed by atoms with Crippen LogP contribution in [0.3, 0.4) is 0 Å². The van der Waals surface area contributed by atoms with E-state index in [1.54, 1.807) is 12.1 Å². The summed E-state index contributed by atoms with van der Waals surface area (Å²) in [7, 11) is 0. The molecule has 2 aliphatic rings. The van der Waals surface area contributed by atoms with E-state index in [1.807, 2.05) is 42.3 Å². The monoisotopic (exact) mass is 463 g/mol. The lowest BCUT2D eigenvalue weighted by atomic mass is 9.92. The van der Waals surface area contributed by atoms with Crippen LogP contribution in [-0.4, -0.2) is 15.6 Å². The first kappa shape index (κ1) is 18.8. The van der Waals surface area contributed by atoms with Gasteiger partial charge in [-0.3, -0.25) is 10.1 Å². The van der Waals surface area contributed by atoms with Crippen LogP contribution in [0.2, 0.25) is 0 Å². The molecule has 2 heterocycles. The number of benzene rings is 3. The summed E-state index contributed by atoms with van der Waals surface area (Å²) in [5.41, 5.74) is 3.11. The molecular weight excluding hydrogens is 446 g/mol. The van der Waals surface area contributed by atoms with Crippen molar-refractivity contribution in [2.45, 2.75) is 25.1 Å². The van der Waals surface area contributed by atoms with Gasteiger partial charge in [0.2, 0.25) is 5.72 Å². The molecule has 0 bridgehead atoms. The van der Waals surface area contributed by atoms with Crippen molar-refractivity contribution >= 4 is 27.3 Å². The van der Waals surface area contributed by atoms with Crippen LogP contribution < -0.4 is 4.74 Å². The number of nitrogens with zero attached hydrogens (tertiary/aromatic N) is 3. The molecule has 3 aromatic rings. The normalized spacial score (nSPS) is 22.0. The lowest BCUT2D eigenvalue weighted by molar-refractivity contribution is -0.384. The van der Waals surface area contributed by atoms with Crippen LogP contribution in [0, 0.1) is 10.1 Å². The van der Waals surface area contributed by atoms with Crippen molar-refractivity contribution < 1.29 is 9.66 Å². The van der Waals surface area contributed by atoms with Gasteiger partial charge in [-0.2, -0.15) is 5.10 Å². The molecule has 6 nitrogen and oxygen atoms in total. The van der Waals surface area contributed by atoms with Crippen molar-refractivity contribution in [3.63, 3.8) is 0 Å². The van der Waals surface area contributed by atoms with Crippen molar-refractivity contribution in [3.05, 3.63) is 104 Å². The van der Waals surface area contributed by atoms with Crippen LogP contribution in [0.25, 0.3) is 0 Å². The smallest absolute Gasteiger partial charge is 0.269 e. The highest BCUT2D eigenvalue weighted by molar-refractivity contribution is 9.10. The molecule has 0 radical (unpaired) electrons. The summed E-state index contributed by atoms with van der Waals surface area (Å²) < 4.78 is 7.47. The third-order valence-corrected chi connectivity index (χ3v) is 6.20. The predicted octanol–water partition coefficient (Wildman–Crippen LogP) is 5.77. The molecule has 0 unspecified atom stereocenters. The molecular formula is C23H18BrN3O3. The van der Waals surface area contributed by atoms with Crippen molar-refractivity contribution in [2.24, 2.45) is 5.10 Å². The molecule has 7 heteroatoms. The van der Waals surface area contributed by atoms with E-state index in [9.17, 15) is 10.1 Å². The van der Waals surface area contributed by atoms with Crippen molar-refractivity contribution in [1.29, 1.82) is 0 Å². The molecule has 30 heavy (non-hydrogen) atoms. The Kier molecular flexibility index (Phi) is 4.36. The number of fused-ring (bicyclic) bond motifs is 3. The molecule has 0 spiro atoms. The maximum atomic E-state index is 11.1. The summed E-state index contributed by atoms with van der Waals surface area (Å²) in [4.78, 5) is 10.7. The van der Waals surface area contributed by atoms with Gasteiger partial charge in [0.15, 0.2) is 0 Å². The minimum atomic E-state index is -0.892. The van der Waals surface area contributed by atoms with Gasteiger partial charge in [0, 0.05) is 41.1 Å². The average molecular weight is 464 g/mol. The average Bonchev–Trinajstić information content (AvgIpc) is 3.22. The third kappa shape index (κ3) is 2.97. The molecule has 2 aliphatic heterocycles. The van der Waals surface area contributed by atoms with Crippen LogP contribution in [0.15, 0.2) is 82.4 Å². The first-order valence-electron chi connectivity index (χ1n) is 9.61. The number of ether oxygens (including phenoxy) is 1. The third-order valence-electron chi connectivity index (χ3n) is 5.71. The zero-order valence-electron chi connectivity index (χ0n) is 16.2. The Balaban J connectivity index is 1.64. The Labute approximate surface area is 182 Å². The molecule has 0 aromatic heterocycles. The lowest BCUT2D eigenvalue weighted by Crippen LogP contribution is -2.48. The van der Waals surface area contributed by atoms with Gasteiger partial charge in [-0.15, -0.1) is 0 Å². The van der Waals surface area contributed by atoms with E-state index < -0.39 is 10.6 Å². The minimum absolute atomic E-state index is 0.00153. The maximum Gasteiger partial charge on any atom is 0.269 e. The van der Waals surface area contributed by atoms with E-state index in [0.717, 1.165) is 39.0 Å². The summed E-state index contributed by atoms with van der Waals surface area (Å²) in [6.07, 6.45) is 0.749.